The molecule has 0 saturated carbocycles. The summed E-state index contributed by atoms with van der Waals surface area (Å²) in [5, 5.41) is 11.7. The summed E-state index contributed by atoms with van der Waals surface area (Å²) < 4.78 is 0.554. The summed E-state index contributed by atoms with van der Waals surface area (Å²) in [6.07, 6.45) is 0. The molecule has 90 valence electrons. The highest BCUT2D eigenvalue weighted by Crippen LogP contribution is 2.24. The number of rotatable bonds is 2. The standard InChI is InChI=1S/C12H6Cl2N2OS/c13-9-5-8(2-1-7(9)6-15)16-12(17)10-3-4-11(14)18-10/h1-5H,(H,16,17). The van der Waals surface area contributed by atoms with Crippen LogP contribution < -0.4 is 5.32 Å². The van der Waals surface area contributed by atoms with Crippen LogP contribution in [0.15, 0.2) is 30.3 Å². The summed E-state index contributed by atoms with van der Waals surface area (Å²) in [6, 6.07) is 9.97. The first-order chi connectivity index (χ1) is 8.60. The van der Waals surface area contributed by atoms with E-state index < -0.39 is 0 Å². The summed E-state index contributed by atoms with van der Waals surface area (Å²) in [5.41, 5.74) is 0.905. The number of amides is 1. The van der Waals surface area contributed by atoms with Crippen molar-refractivity contribution in [2.45, 2.75) is 0 Å². The minimum absolute atomic E-state index is 0.257. The number of thiophene rings is 1. The van der Waals surface area contributed by atoms with Crippen molar-refractivity contribution >= 4 is 46.1 Å². The van der Waals surface area contributed by atoms with E-state index in [1.807, 2.05) is 6.07 Å². The first-order valence-electron chi connectivity index (χ1n) is 4.86. The SMILES string of the molecule is N#Cc1ccc(NC(=O)c2ccc(Cl)s2)cc1Cl. The third-order valence-corrected chi connectivity index (χ3v) is 3.69. The third kappa shape index (κ3) is 2.82. The van der Waals surface area contributed by atoms with E-state index in [1.165, 1.54) is 17.4 Å². The van der Waals surface area contributed by atoms with Crippen molar-refractivity contribution in [1.29, 1.82) is 5.26 Å². The minimum Gasteiger partial charge on any atom is -0.321 e. The fraction of sp³-hybridized carbons (Fsp3) is 0. The van der Waals surface area contributed by atoms with Gasteiger partial charge in [-0.3, -0.25) is 4.79 Å². The van der Waals surface area contributed by atoms with E-state index in [0.29, 0.717) is 25.5 Å². The maximum absolute atomic E-state index is 11.8. The molecule has 0 radical (unpaired) electrons. The molecule has 1 amide bonds. The van der Waals surface area contributed by atoms with E-state index in [-0.39, 0.29) is 5.91 Å². The third-order valence-electron chi connectivity index (χ3n) is 2.14. The van der Waals surface area contributed by atoms with Crippen LogP contribution in [-0.2, 0) is 0 Å². The van der Waals surface area contributed by atoms with Crippen molar-refractivity contribution in [3.05, 3.63) is 50.1 Å². The molecule has 0 bridgehead atoms. The molecule has 0 atom stereocenters. The fourth-order valence-corrected chi connectivity index (χ4v) is 2.47. The zero-order valence-electron chi connectivity index (χ0n) is 8.91. The molecule has 1 heterocycles. The van der Waals surface area contributed by atoms with Crippen LogP contribution in [0.2, 0.25) is 9.36 Å². The zero-order chi connectivity index (χ0) is 13.1. The molecule has 0 saturated heterocycles. The predicted molar refractivity (Wildman–Crippen MR) is 73.4 cm³/mol. The second kappa shape index (κ2) is 5.40. The van der Waals surface area contributed by atoms with Crippen molar-refractivity contribution < 1.29 is 4.79 Å². The number of halogens is 2. The Morgan fingerprint density at radius 1 is 1.28 bits per heavy atom. The Hall–Kier alpha value is -1.54. The van der Waals surface area contributed by atoms with Gasteiger partial charge in [0, 0.05) is 5.69 Å². The highest BCUT2D eigenvalue weighted by atomic mass is 35.5. The number of nitriles is 1. The molecule has 0 spiro atoms. The van der Waals surface area contributed by atoms with Crippen LogP contribution in [0.1, 0.15) is 15.2 Å². The van der Waals surface area contributed by atoms with Gasteiger partial charge >= 0.3 is 0 Å². The van der Waals surface area contributed by atoms with Gasteiger partial charge < -0.3 is 5.32 Å². The predicted octanol–water partition coefficient (Wildman–Crippen LogP) is 4.18. The lowest BCUT2D eigenvalue weighted by Gasteiger charge is -2.04. The molecule has 1 aromatic carbocycles. The molecule has 1 N–H and O–H groups in total. The Labute approximate surface area is 118 Å². The van der Waals surface area contributed by atoms with E-state index in [1.54, 1.807) is 24.3 Å². The second-order valence-electron chi connectivity index (χ2n) is 3.36. The molecule has 0 aliphatic carbocycles. The lowest BCUT2D eigenvalue weighted by molar-refractivity contribution is 0.103. The highest BCUT2D eigenvalue weighted by Gasteiger charge is 2.09. The Morgan fingerprint density at radius 2 is 2.06 bits per heavy atom. The maximum atomic E-state index is 11.8. The van der Waals surface area contributed by atoms with Crippen LogP contribution in [-0.4, -0.2) is 5.91 Å². The molecule has 6 heteroatoms. The van der Waals surface area contributed by atoms with Gasteiger partial charge in [0.05, 0.1) is 19.8 Å². The molecule has 0 aliphatic heterocycles. The monoisotopic (exact) mass is 296 g/mol. The van der Waals surface area contributed by atoms with Gasteiger partial charge in [0.25, 0.3) is 5.91 Å². The fourth-order valence-electron chi connectivity index (χ4n) is 1.31. The molecule has 1 aromatic heterocycles. The van der Waals surface area contributed by atoms with E-state index >= 15 is 0 Å². The Bertz CT molecular complexity index is 646. The van der Waals surface area contributed by atoms with E-state index in [2.05, 4.69) is 5.32 Å². The van der Waals surface area contributed by atoms with Gasteiger partial charge in [0.2, 0.25) is 0 Å². The molecule has 0 fully saturated rings. The van der Waals surface area contributed by atoms with Gasteiger partial charge in [0.15, 0.2) is 0 Å². The number of benzene rings is 1. The molecule has 3 nitrogen and oxygen atoms in total. The molecule has 2 rings (SSSR count). The minimum atomic E-state index is -0.257. The van der Waals surface area contributed by atoms with Crippen LogP contribution in [0.4, 0.5) is 5.69 Å². The molecule has 18 heavy (non-hydrogen) atoms. The van der Waals surface area contributed by atoms with E-state index in [9.17, 15) is 4.79 Å². The van der Waals surface area contributed by atoms with Crippen LogP contribution >= 0.6 is 34.5 Å². The van der Waals surface area contributed by atoms with Crippen molar-refractivity contribution in [3.63, 3.8) is 0 Å². The normalized spacial score (nSPS) is 9.83. The number of carbonyl (C=O) groups is 1. The van der Waals surface area contributed by atoms with Crippen LogP contribution in [0, 0.1) is 11.3 Å². The summed E-state index contributed by atoms with van der Waals surface area (Å²) in [5.74, 6) is -0.257. The lowest BCUT2D eigenvalue weighted by Crippen LogP contribution is -2.09. The first kappa shape index (κ1) is 12.9. The number of nitrogens with zero attached hydrogens (tertiary/aromatic N) is 1. The van der Waals surface area contributed by atoms with E-state index in [0.717, 1.165) is 0 Å². The van der Waals surface area contributed by atoms with Gasteiger partial charge in [-0.25, -0.2) is 0 Å². The molecular formula is C12H6Cl2N2OS. The summed E-state index contributed by atoms with van der Waals surface area (Å²) in [4.78, 5) is 12.3. The van der Waals surface area contributed by atoms with Crippen LogP contribution in [0.25, 0.3) is 0 Å². The van der Waals surface area contributed by atoms with E-state index in [4.69, 9.17) is 28.5 Å². The molecule has 0 aliphatic rings. The molecule has 2 aromatic rings. The van der Waals surface area contributed by atoms with Crippen molar-refractivity contribution in [2.24, 2.45) is 0 Å². The number of hydrogen-bond acceptors (Lipinski definition) is 3. The van der Waals surface area contributed by atoms with Gasteiger partial charge in [0.1, 0.15) is 6.07 Å². The summed E-state index contributed by atoms with van der Waals surface area (Å²) in [6.45, 7) is 0. The van der Waals surface area contributed by atoms with Gasteiger partial charge in [-0.1, -0.05) is 23.2 Å². The smallest absolute Gasteiger partial charge is 0.265 e. The van der Waals surface area contributed by atoms with Crippen molar-refractivity contribution in [1.82, 2.24) is 0 Å². The highest BCUT2D eigenvalue weighted by molar-refractivity contribution is 7.18. The van der Waals surface area contributed by atoms with Crippen molar-refractivity contribution in [3.8, 4) is 6.07 Å². The second-order valence-corrected chi connectivity index (χ2v) is 5.49. The Morgan fingerprint density at radius 3 is 2.61 bits per heavy atom. The number of hydrogen-bond donors (Lipinski definition) is 1. The largest absolute Gasteiger partial charge is 0.321 e. The number of anilines is 1. The van der Waals surface area contributed by atoms with Crippen LogP contribution in [0.5, 0.6) is 0 Å². The molecule has 0 unspecified atom stereocenters. The van der Waals surface area contributed by atoms with Gasteiger partial charge in [-0.05, 0) is 30.3 Å². The Kier molecular flexibility index (Phi) is 3.87. The zero-order valence-corrected chi connectivity index (χ0v) is 11.2. The Balaban J connectivity index is 2.17. The van der Waals surface area contributed by atoms with Gasteiger partial charge in [-0.2, -0.15) is 5.26 Å². The lowest BCUT2D eigenvalue weighted by atomic mass is 10.2. The molecular weight excluding hydrogens is 291 g/mol. The average molecular weight is 297 g/mol. The maximum Gasteiger partial charge on any atom is 0.265 e. The number of carbonyl (C=O) groups excluding carboxylic acids is 1. The first-order valence-corrected chi connectivity index (χ1v) is 6.44. The summed E-state index contributed by atoms with van der Waals surface area (Å²) in [7, 11) is 0. The van der Waals surface area contributed by atoms with Crippen LogP contribution in [0.3, 0.4) is 0 Å². The van der Waals surface area contributed by atoms with Gasteiger partial charge in [-0.15, -0.1) is 11.3 Å². The quantitative estimate of drug-likeness (QED) is 0.904. The summed E-state index contributed by atoms with van der Waals surface area (Å²) >= 11 is 12.8. The number of nitrogens with one attached hydrogen (secondary N) is 1. The topological polar surface area (TPSA) is 52.9 Å². The van der Waals surface area contributed by atoms with Crippen molar-refractivity contribution in [2.75, 3.05) is 5.32 Å². The average Bonchev–Trinajstić information content (AvgIpc) is 2.76.